The van der Waals surface area contributed by atoms with E-state index in [0.29, 0.717) is 0 Å². The van der Waals surface area contributed by atoms with Crippen LogP contribution in [0.4, 0.5) is 0 Å². The summed E-state index contributed by atoms with van der Waals surface area (Å²) in [6.07, 6.45) is 4.34. The largest absolute Gasteiger partial charge is 0.312 e. The standard InChI is InChI=1S/C17H35N/c1-12-8-13(2)10-16(9-12)15(4)14(3)11-18-17(5,6)7/h12-16,18H,8-11H2,1-7H3. The molecule has 1 aliphatic carbocycles. The number of hydrogen-bond donors (Lipinski definition) is 1. The number of hydrogen-bond acceptors (Lipinski definition) is 1. The summed E-state index contributed by atoms with van der Waals surface area (Å²) in [5, 5.41) is 3.66. The van der Waals surface area contributed by atoms with Crippen molar-refractivity contribution < 1.29 is 0 Å². The molecule has 0 aliphatic heterocycles. The van der Waals surface area contributed by atoms with Crippen molar-refractivity contribution in [2.24, 2.45) is 29.6 Å². The topological polar surface area (TPSA) is 12.0 Å². The van der Waals surface area contributed by atoms with Crippen molar-refractivity contribution in [2.75, 3.05) is 6.54 Å². The predicted octanol–water partition coefficient (Wildman–Crippen LogP) is 4.72. The predicted molar refractivity (Wildman–Crippen MR) is 81.8 cm³/mol. The van der Waals surface area contributed by atoms with Gasteiger partial charge < -0.3 is 5.32 Å². The minimum atomic E-state index is 0.251. The van der Waals surface area contributed by atoms with Gasteiger partial charge in [-0.1, -0.05) is 27.7 Å². The average molecular weight is 253 g/mol. The van der Waals surface area contributed by atoms with Crippen LogP contribution in [0.25, 0.3) is 0 Å². The zero-order valence-corrected chi connectivity index (χ0v) is 13.7. The van der Waals surface area contributed by atoms with Crippen LogP contribution >= 0.6 is 0 Å². The molecule has 0 amide bonds. The molecule has 1 N–H and O–H groups in total. The van der Waals surface area contributed by atoms with Gasteiger partial charge in [0.15, 0.2) is 0 Å². The van der Waals surface area contributed by atoms with Gasteiger partial charge in [-0.2, -0.15) is 0 Å². The van der Waals surface area contributed by atoms with Gasteiger partial charge in [-0.05, 0) is 76.2 Å². The van der Waals surface area contributed by atoms with Gasteiger partial charge in [-0.3, -0.25) is 0 Å². The minimum Gasteiger partial charge on any atom is -0.312 e. The first-order valence-corrected chi connectivity index (χ1v) is 7.94. The molecular weight excluding hydrogens is 218 g/mol. The van der Waals surface area contributed by atoms with Crippen LogP contribution in [-0.4, -0.2) is 12.1 Å². The van der Waals surface area contributed by atoms with E-state index in [9.17, 15) is 0 Å². The van der Waals surface area contributed by atoms with Crippen molar-refractivity contribution >= 4 is 0 Å². The molecular formula is C17H35N. The molecule has 1 heteroatoms. The molecule has 1 nitrogen and oxygen atoms in total. The Kier molecular flexibility index (Phi) is 5.70. The van der Waals surface area contributed by atoms with Crippen LogP contribution in [0.15, 0.2) is 0 Å². The highest BCUT2D eigenvalue weighted by Gasteiger charge is 2.30. The molecule has 0 spiro atoms. The van der Waals surface area contributed by atoms with E-state index >= 15 is 0 Å². The molecule has 0 bridgehead atoms. The minimum absolute atomic E-state index is 0.251. The maximum Gasteiger partial charge on any atom is 0.00966 e. The van der Waals surface area contributed by atoms with Crippen molar-refractivity contribution in [3.63, 3.8) is 0 Å². The lowest BCUT2D eigenvalue weighted by Gasteiger charge is -2.38. The smallest absolute Gasteiger partial charge is 0.00966 e. The van der Waals surface area contributed by atoms with E-state index in [1.807, 2.05) is 0 Å². The monoisotopic (exact) mass is 253 g/mol. The van der Waals surface area contributed by atoms with E-state index in [0.717, 1.165) is 36.1 Å². The lowest BCUT2D eigenvalue weighted by molar-refractivity contribution is 0.132. The van der Waals surface area contributed by atoms with Crippen LogP contribution in [0.2, 0.25) is 0 Å². The first-order chi connectivity index (χ1) is 8.19. The number of rotatable bonds is 4. The molecule has 1 saturated carbocycles. The molecule has 0 saturated heterocycles. The van der Waals surface area contributed by atoms with Crippen molar-refractivity contribution in [3.8, 4) is 0 Å². The molecule has 0 aromatic carbocycles. The van der Waals surface area contributed by atoms with E-state index in [2.05, 4.69) is 53.8 Å². The average Bonchev–Trinajstić information content (AvgIpc) is 2.22. The highest BCUT2D eigenvalue weighted by Crippen LogP contribution is 2.39. The van der Waals surface area contributed by atoms with Gasteiger partial charge in [0.25, 0.3) is 0 Å². The Bertz CT molecular complexity index is 230. The summed E-state index contributed by atoms with van der Waals surface area (Å²) in [4.78, 5) is 0. The lowest BCUT2D eigenvalue weighted by atomic mass is 9.69. The fourth-order valence-electron chi connectivity index (χ4n) is 3.56. The third kappa shape index (κ3) is 5.30. The first kappa shape index (κ1) is 16.0. The van der Waals surface area contributed by atoms with Gasteiger partial charge in [-0.25, -0.2) is 0 Å². The maximum atomic E-state index is 3.66. The Balaban J connectivity index is 2.44. The summed E-state index contributed by atoms with van der Waals surface area (Å²) in [5.41, 5.74) is 0.251. The van der Waals surface area contributed by atoms with E-state index in [1.165, 1.54) is 19.3 Å². The molecule has 1 aliphatic rings. The molecule has 108 valence electrons. The summed E-state index contributed by atoms with van der Waals surface area (Å²) in [6, 6.07) is 0. The second-order valence-corrected chi connectivity index (χ2v) is 8.14. The van der Waals surface area contributed by atoms with E-state index < -0.39 is 0 Å². The van der Waals surface area contributed by atoms with E-state index in [4.69, 9.17) is 0 Å². The Morgan fingerprint density at radius 3 is 1.94 bits per heavy atom. The second kappa shape index (κ2) is 6.41. The zero-order chi connectivity index (χ0) is 13.9. The molecule has 4 unspecified atom stereocenters. The zero-order valence-electron chi connectivity index (χ0n) is 13.7. The van der Waals surface area contributed by atoms with E-state index in [-0.39, 0.29) is 5.54 Å². The van der Waals surface area contributed by atoms with Crippen molar-refractivity contribution in [3.05, 3.63) is 0 Å². The molecule has 18 heavy (non-hydrogen) atoms. The summed E-state index contributed by atoms with van der Waals surface area (Å²) in [6.45, 7) is 17.7. The molecule has 4 atom stereocenters. The second-order valence-electron chi connectivity index (χ2n) is 8.14. The summed E-state index contributed by atoms with van der Waals surface area (Å²) >= 11 is 0. The maximum absolute atomic E-state index is 3.66. The summed E-state index contributed by atoms with van der Waals surface area (Å²) < 4.78 is 0. The van der Waals surface area contributed by atoms with Crippen molar-refractivity contribution in [1.29, 1.82) is 0 Å². The van der Waals surface area contributed by atoms with Crippen LogP contribution < -0.4 is 5.32 Å². The quantitative estimate of drug-likeness (QED) is 0.764. The van der Waals surface area contributed by atoms with Crippen LogP contribution in [0.5, 0.6) is 0 Å². The molecule has 1 fully saturated rings. The van der Waals surface area contributed by atoms with Crippen molar-refractivity contribution in [1.82, 2.24) is 5.32 Å². The third-order valence-electron chi connectivity index (χ3n) is 4.81. The summed E-state index contributed by atoms with van der Waals surface area (Å²) in [5.74, 6) is 4.45. The SMILES string of the molecule is CC1CC(C)CC(C(C)C(C)CNC(C)(C)C)C1. The normalized spacial score (nSPS) is 33.2. The Labute approximate surface area is 115 Å². The van der Waals surface area contributed by atoms with Gasteiger partial charge in [0, 0.05) is 5.54 Å². The van der Waals surface area contributed by atoms with Gasteiger partial charge in [0.05, 0.1) is 0 Å². The van der Waals surface area contributed by atoms with Gasteiger partial charge in [-0.15, -0.1) is 0 Å². The first-order valence-electron chi connectivity index (χ1n) is 7.94. The van der Waals surface area contributed by atoms with Crippen LogP contribution in [0, 0.1) is 29.6 Å². The van der Waals surface area contributed by atoms with Crippen LogP contribution in [-0.2, 0) is 0 Å². The molecule has 0 aromatic heterocycles. The Morgan fingerprint density at radius 1 is 1.00 bits per heavy atom. The fourth-order valence-corrected chi connectivity index (χ4v) is 3.56. The molecule has 0 aromatic rings. The van der Waals surface area contributed by atoms with Crippen LogP contribution in [0.1, 0.15) is 67.7 Å². The fraction of sp³-hybridized carbons (Fsp3) is 1.00. The molecule has 1 rings (SSSR count). The van der Waals surface area contributed by atoms with E-state index in [1.54, 1.807) is 0 Å². The van der Waals surface area contributed by atoms with Crippen molar-refractivity contribution in [2.45, 2.75) is 73.3 Å². The third-order valence-corrected chi connectivity index (χ3v) is 4.81. The molecule has 0 radical (unpaired) electrons. The lowest BCUT2D eigenvalue weighted by Crippen LogP contribution is -2.41. The van der Waals surface area contributed by atoms with Gasteiger partial charge in [0.2, 0.25) is 0 Å². The molecule has 0 heterocycles. The number of nitrogens with one attached hydrogen (secondary N) is 1. The Morgan fingerprint density at radius 2 is 1.50 bits per heavy atom. The van der Waals surface area contributed by atoms with Gasteiger partial charge >= 0.3 is 0 Å². The summed E-state index contributed by atoms with van der Waals surface area (Å²) in [7, 11) is 0. The Hall–Kier alpha value is -0.0400. The highest BCUT2D eigenvalue weighted by molar-refractivity contribution is 4.82. The van der Waals surface area contributed by atoms with Crippen LogP contribution in [0.3, 0.4) is 0 Å². The van der Waals surface area contributed by atoms with Gasteiger partial charge in [0.1, 0.15) is 0 Å². The highest BCUT2D eigenvalue weighted by atomic mass is 14.9.